The molecule has 0 amide bonds. The van der Waals surface area contributed by atoms with E-state index in [0.29, 0.717) is 0 Å². The second-order valence-corrected chi connectivity index (χ2v) is 27.4. The van der Waals surface area contributed by atoms with E-state index >= 15 is 0 Å². The van der Waals surface area contributed by atoms with Crippen molar-refractivity contribution in [2.24, 2.45) is 0 Å². The molecule has 3 heteroatoms. The van der Waals surface area contributed by atoms with Gasteiger partial charge < -0.3 is 0 Å². The molecule has 0 saturated carbocycles. The molecule has 0 fully saturated rings. The first-order valence-corrected chi connectivity index (χ1v) is 14.0. The van der Waals surface area contributed by atoms with E-state index in [1.807, 2.05) is 0 Å². The molecule has 2 nitrogen and oxygen atoms in total. The van der Waals surface area contributed by atoms with E-state index < -0.39 is 12.4 Å². The number of rotatable bonds is 1. The molecule has 0 aliphatic heterocycles. The number of nitriles is 2. The Hall–Kier alpha value is -0.917. The summed E-state index contributed by atoms with van der Waals surface area (Å²) in [5.41, 5.74) is 12.3. The van der Waals surface area contributed by atoms with E-state index in [4.69, 9.17) is 10.5 Å². The van der Waals surface area contributed by atoms with Crippen LogP contribution in [0.1, 0.15) is 20.3 Å². The molecule has 0 spiro atoms. The minimum atomic E-state index is -2.40. The normalized spacial score (nSPS) is 16.6. The standard InChI is InChI=1S/C5H5.2C2H3N.5CH3.Rh/c1-2-4-5-3-1;2*1-2-3;;;;;;/h1-3H,4H2;2*1H3;5*1H3;. The summed E-state index contributed by atoms with van der Waals surface area (Å²) in [7, 11) is 0. The first kappa shape index (κ1) is 18.4. The summed E-state index contributed by atoms with van der Waals surface area (Å²) in [5.74, 6) is 0. The molecule has 0 bridgehead atoms. The van der Waals surface area contributed by atoms with E-state index in [0.717, 1.165) is 0 Å². The van der Waals surface area contributed by atoms with Gasteiger partial charge in [-0.15, -0.1) is 0 Å². The van der Waals surface area contributed by atoms with Crippen LogP contribution < -0.4 is 0 Å². The summed E-state index contributed by atoms with van der Waals surface area (Å²) < 4.78 is 1.68. The van der Waals surface area contributed by atoms with Gasteiger partial charge in [-0.05, 0) is 0 Å². The predicted octanol–water partition coefficient (Wildman–Crippen LogP) is 5.36. The van der Waals surface area contributed by atoms with Gasteiger partial charge in [-0.3, -0.25) is 0 Å². The van der Waals surface area contributed by atoms with E-state index in [1.165, 1.54) is 20.3 Å². The van der Waals surface area contributed by atoms with Gasteiger partial charge in [0.1, 0.15) is 0 Å². The van der Waals surface area contributed by atoms with Crippen molar-refractivity contribution < 1.29 is 12.4 Å². The van der Waals surface area contributed by atoms with Crippen LogP contribution in [0.5, 0.6) is 0 Å². The second-order valence-electron chi connectivity index (χ2n) is 5.83. The van der Waals surface area contributed by atoms with Gasteiger partial charge in [0.05, 0.1) is 12.1 Å². The van der Waals surface area contributed by atoms with Gasteiger partial charge in [-0.2, -0.15) is 10.5 Å². The van der Waals surface area contributed by atoms with Gasteiger partial charge in [0.2, 0.25) is 0 Å². The molecule has 0 atom stereocenters. The van der Waals surface area contributed by atoms with E-state index in [2.05, 4.69) is 45.8 Å². The predicted molar refractivity (Wildman–Crippen MR) is 73.7 cm³/mol. The van der Waals surface area contributed by atoms with Crippen LogP contribution in [0.25, 0.3) is 0 Å². The Bertz CT molecular complexity index is 368. The first-order valence-electron chi connectivity index (χ1n) is 5.00. The van der Waals surface area contributed by atoms with Crippen molar-refractivity contribution in [2.45, 2.75) is 47.9 Å². The number of hydrogen-bond acceptors (Lipinski definition) is 2. The SMILES string of the molecule is CC#N.CC#N.[CH3][Rh]([CH3])([CH3])([CH3])([CH3])[C]1=CC=CC1. The quantitative estimate of drug-likeness (QED) is 0.610. The molecule has 1 aliphatic carbocycles. The molecule has 0 aromatic carbocycles. The zero-order chi connectivity index (χ0) is 14.2. The van der Waals surface area contributed by atoms with E-state index in [-0.39, 0.29) is 0 Å². The molecule has 0 saturated heterocycles. The first-order chi connectivity index (χ1) is 7.42. The fourth-order valence-corrected chi connectivity index (χ4v) is 4.42. The van der Waals surface area contributed by atoms with Crippen molar-refractivity contribution in [1.29, 1.82) is 10.5 Å². The molecule has 0 aromatic heterocycles. The Morgan fingerprint density at radius 2 is 1.35 bits per heavy atom. The van der Waals surface area contributed by atoms with Gasteiger partial charge in [0.15, 0.2) is 0 Å². The second kappa shape index (κ2) is 5.61. The number of hydrogen-bond donors (Lipinski definition) is 0. The molecule has 0 unspecified atom stereocenters. The fourth-order valence-electron chi connectivity index (χ4n) is 1.03. The molecule has 1 rings (SSSR count). The van der Waals surface area contributed by atoms with Crippen molar-refractivity contribution >= 4 is 0 Å². The summed E-state index contributed by atoms with van der Waals surface area (Å²) in [4.78, 5) is 0. The van der Waals surface area contributed by atoms with Crippen molar-refractivity contribution in [3.63, 3.8) is 0 Å². The van der Waals surface area contributed by atoms with Gasteiger partial charge >= 0.3 is 68.8 Å². The molecule has 0 heterocycles. The van der Waals surface area contributed by atoms with Crippen LogP contribution in [0.4, 0.5) is 0 Å². The Kier molecular flexibility index (Phi) is 6.09. The fraction of sp³-hybridized carbons (Fsp3) is 0.571. The van der Waals surface area contributed by atoms with Crippen LogP contribution in [0.15, 0.2) is 22.4 Å². The van der Waals surface area contributed by atoms with Gasteiger partial charge in [-0.1, -0.05) is 0 Å². The van der Waals surface area contributed by atoms with Crippen molar-refractivity contribution in [3.8, 4) is 12.1 Å². The third-order valence-corrected chi connectivity index (χ3v) is 7.65. The topological polar surface area (TPSA) is 47.6 Å². The molecule has 17 heavy (non-hydrogen) atoms. The number of nitrogens with zero attached hydrogens (tertiary/aromatic N) is 2. The average molecular weight is 325 g/mol. The summed E-state index contributed by atoms with van der Waals surface area (Å²) in [6, 6.07) is 3.50. The van der Waals surface area contributed by atoms with Crippen molar-refractivity contribution in [2.75, 3.05) is 0 Å². The summed E-state index contributed by atoms with van der Waals surface area (Å²) in [6.07, 6.45) is 7.96. The minimum absolute atomic E-state index is 1.19. The molecular weight excluding hydrogens is 299 g/mol. The third kappa shape index (κ3) is 9.98. The van der Waals surface area contributed by atoms with Gasteiger partial charge in [0.25, 0.3) is 0 Å². The van der Waals surface area contributed by atoms with Crippen molar-refractivity contribution in [3.05, 3.63) is 22.4 Å². The zero-order valence-electron chi connectivity index (χ0n) is 12.2. The molecule has 101 valence electrons. The monoisotopic (exact) mass is 325 g/mol. The Labute approximate surface area is 105 Å². The van der Waals surface area contributed by atoms with Crippen LogP contribution in [-0.2, 0) is 12.4 Å². The molecule has 0 N–H and O–H groups in total. The van der Waals surface area contributed by atoms with Crippen molar-refractivity contribution in [1.82, 2.24) is 0 Å². The van der Waals surface area contributed by atoms with E-state index in [1.54, 1.807) is 16.3 Å². The zero-order valence-corrected chi connectivity index (χ0v) is 13.8. The summed E-state index contributed by atoms with van der Waals surface area (Å²) in [5, 5.41) is 14.6. The molecule has 1 aliphatic rings. The van der Waals surface area contributed by atoms with Crippen LogP contribution >= 0.6 is 0 Å². The maximum atomic E-state index is 7.32. The summed E-state index contributed by atoms with van der Waals surface area (Å²) >= 11 is -2.40. The van der Waals surface area contributed by atoms with Gasteiger partial charge in [-0.25, -0.2) is 0 Å². The maximum absolute atomic E-state index is 7.32. The number of allylic oxidation sites excluding steroid dienone is 4. The van der Waals surface area contributed by atoms with Crippen LogP contribution in [0, 0.1) is 22.7 Å². The third-order valence-electron chi connectivity index (χ3n) is 1.78. The molecule has 0 aromatic rings. The van der Waals surface area contributed by atoms with E-state index in [9.17, 15) is 0 Å². The molecular formula is C14H26N2Rh. The average Bonchev–Trinajstić information content (AvgIpc) is 2.54. The molecule has 0 radical (unpaired) electrons. The Balaban J connectivity index is 0. The Morgan fingerprint density at radius 1 is 1.00 bits per heavy atom. The van der Waals surface area contributed by atoms with Crippen LogP contribution in [0.2, 0.25) is 27.6 Å². The summed E-state index contributed by atoms with van der Waals surface area (Å²) in [6.45, 7) is 2.86. The van der Waals surface area contributed by atoms with Crippen LogP contribution in [-0.4, -0.2) is 0 Å². The van der Waals surface area contributed by atoms with Gasteiger partial charge in [0, 0.05) is 13.8 Å². The van der Waals surface area contributed by atoms with Crippen LogP contribution in [0.3, 0.4) is 0 Å². The Morgan fingerprint density at radius 3 is 1.47 bits per heavy atom.